The topological polar surface area (TPSA) is 104 Å². The largest absolute Gasteiger partial charge is 0.507 e. The van der Waals surface area contributed by atoms with Gasteiger partial charge in [-0.25, -0.2) is 12.8 Å². The predicted octanol–water partition coefficient (Wildman–Crippen LogP) is 3.07. The van der Waals surface area contributed by atoms with Gasteiger partial charge in [0.25, 0.3) is 11.7 Å². The lowest BCUT2D eigenvalue weighted by Crippen LogP contribution is -2.35. The summed E-state index contributed by atoms with van der Waals surface area (Å²) in [4.78, 5) is 27.1. The Morgan fingerprint density at radius 2 is 1.66 bits per heavy atom. The van der Waals surface area contributed by atoms with Crippen molar-refractivity contribution in [1.29, 1.82) is 0 Å². The summed E-state index contributed by atoms with van der Waals surface area (Å²) in [5, 5.41) is 11.1. The molecule has 0 aliphatic carbocycles. The number of halogens is 1. The van der Waals surface area contributed by atoms with Gasteiger partial charge in [0.2, 0.25) is 10.0 Å². The number of rotatable bonds is 7. The third-order valence-electron chi connectivity index (χ3n) is 6.34. The van der Waals surface area contributed by atoms with E-state index in [-0.39, 0.29) is 29.2 Å². The van der Waals surface area contributed by atoms with E-state index in [1.807, 2.05) is 0 Å². The number of sulfonamides is 1. The number of hydrogen-bond acceptors (Lipinski definition) is 6. The van der Waals surface area contributed by atoms with Crippen LogP contribution in [0, 0.1) is 5.82 Å². The van der Waals surface area contributed by atoms with Crippen molar-refractivity contribution in [3.63, 3.8) is 0 Å². The van der Waals surface area contributed by atoms with Crippen LogP contribution in [-0.4, -0.2) is 67.8 Å². The van der Waals surface area contributed by atoms with Crippen LogP contribution in [0.25, 0.3) is 5.76 Å². The summed E-state index contributed by atoms with van der Waals surface area (Å²) in [5.41, 5.74) is 0.497. The van der Waals surface area contributed by atoms with E-state index in [4.69, 9.17) is 4.74 Å². The van der Waals surface area contributed by atoms with E-state index in [2.05, 4.69) is 0 Å². The van der Waals surface area contributed by atoms with Gasteiger partial charge in [-0.15, -0.1) is 0 Å². The Hall–Kier alpha value is -3.08. The van der Waals surface area contributed by atoms with Gasteiger partial charge in [0.15, 0.2) is 0 Å². The number of Topliss-reactive ketones (excluding diaryl/α,β-unsaturated/α-hetero) is 1. The molecule has 0 bridgehead atoms. The van der Waals surface area contributed by atoms with Crippen molar-refractivity contribution in [3.8, 4) is 0 Å². The van der Waals surface area contributed by atoms with Gasteiger partial charge in [0, 0.05) is 32.3 Å². The zero-order chi connectivity index (χ0) is 25.2. The molecule has 1 N–H and O–H groups in total. The summed E-state index contributed by atoms with van der Waals surface area (Å²) in [6, 6.07) is 9.98. The third kappa shape index (κ3) is 4.86. The fraction of sp³-hybridized carbons (Fsp3) is 0.360. The second-order valence-corrected chi connectivity index (χ2v) is 10.5. The molecule has 2 heterocycles. The highest BCUT2D eigenvalue weighted by atomic mass is 32.2. The van der Waals surface area contributed by atoms with Crippen LogP contribution in [0.5, 0.6) is 0 Å². The zero-order valence-corrected chi connectivity index (χ0v) is 20.1. The van der Waals surface area contributed by atoms with Gasteiger partial charge >= 0.3 is 0 Å². The smallest absolute Gasteiger partial charge is 0.295 e. The van der Waals surface area contributed by atoms with Crippen molar-refractivity contribution in [2.24, 2.45) is 0 Å². The van der Waals surface area contributed by atoms with Crippen molar-refractivity contribution < 1.29 is 32.2 Å². The lowest BCUT2D eigenvalue weighted by Gasteiger charge is -2.26. The fourth-order valence-corrected chi connectivity index (χ4v) is 6.00. The highest BCUT2D eigenvalue weighted by Crippen LogP contribution is 2.39. The van der Waals surface area contributed by atoms with Crippen molar-refractivity contribution in [2.75, 3.05) is 33.4 Å². The summed E-state index contributed by atoms with van der Waals surface area (Å²) < 4.78 is 45.9. The van der Waals surface area contributed by atoms with Gasteiger partial charge in [0.1, 0.15) is 11.6 Å². The molecule has 0 saturated carbocycles. The molecule has 2 fully saturated rings. The number of piperidine rings is 1. The first kappa shape index (κ1) is 25.0. The summed E-state index contributed by atoms with van der Waals surface area (Å²) in [7, 11) is -2.20. The molecule has 4 rings (SSSR count). The molecule has 0 radical (unpaired) electrons. The van der Waals surface area contributed by atoms with Crippen LogP contribution in [0.3, 0.4) is 0 Å². The molecule has 1 atom stereocenters. The van der Waals surface area contributed by atoms with Crippen LogP contribution in [-0.2, 0) is 24.3 Å². The Morgan fingerprint density at radius 1 is 1.03 bits per heavy atom. The number of carbonyl (C=O) groups is 2. The van der Waals surface area contributed by atoms with E-state index in [0.717, 1.165) is 19.3 Å². The van der Waals surface area contributed by atoms with Gasteiger partial charge in [0.05, 0.1) is 23.1 Å². The number of carbonyl (C=O) groups excluding carboxylic acids is 2. The van der Waals surface area contributed by atoms with Crippen LogP contribution < -0.4 is 0 Å². The summed E-state index contributed by atoms with van der Waals surface area (Å²) in [5.74, 6) is -2.59. The summed E-state index contributed by atoms with van der Waals surface area (Å²) >= 11 is 0. The highest BCUT2D eigenvalue weighted by molar-refractivity contribution is 7.89. The molecular weight excluding hydrogens is 475 g/mol. The minimum absolute atomic E-state index is 0.0894. The molecule has 186 valence electrons. The lowest BCUT2D eigenvalue weighted by molar-refractivity contribution is -0.140. The molecule has 2 aromatic carbocycles. The van der Waals surface area contributed by atoms with Gasteiger partial charge in [-0.3, -0.25) is 9.59 Å². The van der Waals surface area contributed by atoms with E-state index in [9.17, 15) is 27.5 Å². The number of ether oxygens (including phenoxy) is 1. The normalized spacial score (nSPS) is 21.0. The van der Waals surface area contributed by atoms with E-state index >= 15 is 0 Å². The third-order valence-corrected chi connectivity index (χ3v) is 8.26. The van der Waals surface area contributed by atoms with E-state index in [1.54, 1.807) is 0 Å². The minimum atomic E-state index is -3.66. The van der Waals surface area contributed by atoms with Crippen LogP contribution in [0.2, 0.25) is 0 Å². The Balaban J connectivity index is 1.73. The number of ketones is 1. The number of amides is 1. The highest BCUT2D eigenvalue weighted by Gasteiger charge is 2.45. The number of benzene rings is 2. The molecule has 8 nitrogen and oxygen atoms in total. The minimum Gasteiger partial charge on any atom is -0.507 e. The quantitative estimate of drug-likeness (QED) is 0.355. The van der Waals surface area contributed by atoms with Crippen molar-refractivity contribution in [3.05, 3.63) is 71.0 Å². The molecule has 1 amide bonds. The van der Waals surface area contributed by atoms with Gasteiger partial charge in [-0.1, -0.05) is 18.6 Å². The zero-order valence-electron chi connectivity index (χ0n) is 19.3. The average molecular weight is 503 g/mol. The number of likely N-dealkylation sites (tertiary alicyclic amines) is 1. The van der Waals surface area contributed by atoms with Crippen LogP contribution in [0.4, 0.5) is 4.39 Å². The van der Waals surface area contributed by atoms with Crippen LogP contribution in [0.15, 0.2) is 59.0 Å². The number of aliphatic hydroxyl groups excluding tert-OH is 1. The molecule has 0 aromatic heterocycles. The Kier molecular flexibility index (Phi) is 7.34. The van der Waals surface area contributed by atoms with Gasteiger partial charge in [-0.05, 0) is 54.8 Å². The SMILES string of the molecule is COCCN1C(=O)C(=O)/C(=C(/O)c2ccc(S(=O)(=O)N3CCCCC3)cc2)[C@H]1c1ccc(F)cc1. The maximum absolute atomic E-state index is 13.5. The molecule has 35 heavy (non-hydrogen) atoms. The number of aliphatic hydroxyl groups is 1. The first-order valence-electron chi connectivity index (χ1n) is 11.4. The maximum Gasteiger partial charge on any atom is 0.295 e. The van der Waals surface area contributed by atoms with Gasteiger partial charge < -0.3 is 14.7 Å². The van der Waals surface area contributed by atoms with Crippen molar-refractivity contribution >= 4 is 27.5 Å². The van der Waals surface area contributed by atoms with E-state index in [1.165, 1.54) is 64.8 Å². The summed E-state index contributed by atoms with van der Waals surface area (Å²) in [6.07, 6.45) is 2.62. The molecule has 0 spiro atoms. The number of methoxy groups -OCH3 is 1. The molecule has 2 aliphatic heterocycles. The maximum atomic E-state index is 13.5. The van der Waals surface area contributed by atoms with Crippen LogP contribution >= 0.6 is 0 Å². The number of nitrogens with zero attached hydrogens (tertiary/aromatic N) is 2. The fourth-order valence-electron chi connectivity index (χ4n) is 4.49. The second-order valence-electron chi connectivity index (χ2n) is 8.53. The monoisotopic (exact) mass is 502 g/mol. The van der Waals surface area contributed by atoms with E-state index < -0.39 is 39.3 Å². The molecule has 0 unspecified atom stereocenters. The molecule has 2 saturated heterocycles. The first-order chi connectivity index (χ1) is 16.8. The lowest BCUT2D eigenvalue weighted by atomic mass is 9.95. The Bertz CT molecular complexity index is 1240. The Labute approximate surface area is 203 Å². The summed E-state index contributed by atoms with van der Waals surface area (Å²) in [6.45, 7) is 1.18. The Morgan fingerprint density at radius 3 is 2.26 bits per heavy atom. The van der Waals surface area contributed by atoms with Gasteiger partial charge in [-0.2, -0.15) is 4.31 Å². The average Bonchev–Trinajstić information content (AvgIpc) is 3.13. The second kappa shape index (κ2) is 10.3. The van der Waals surface area contributed by atoms with Crippen LogP contribution in [0.1, 0.15) is 36.4 Å². The standard InChI is InChI=1S/C25H27FN2O6S/c1-34-16-15-28-22(17-5-9-19(26)10-6-17)21(24(30)25(28)31)23(29)18-7-11-20(12-8-18)35(32,33)27-13-3-2-4-14-27/h5-12,22,29H,2-4,13-16H2,1H3/b23-21+/t22-/m1/s1. The predicted molar refractivity (Wildman–Crippen MR) is 126 cm³/mol. The molecule has 10 heteroatoms. The molecule has 2 aromatic rings. The van der Waals surface area contributed by atoms with E-state index in [0.29, 0.717) is 18.7 Å². The first-order valence-corrected chi connectivity index (χ1v) is 12.8. The van der Waals surface area contributed by atoms with Crippen molar-refractivity contribution in [1.82, 2.24) is 9.21 Å². The number of hydrogen-bond donors (Lipinski definition) is 1. The molecular formula is C25H27FN2O6S. The molecule has 2 aliphatic rings. The van der Waals surface area contributed by atoms with Crippen molar-refractivity contribution in [2.45, 2.75) is 30.2 Å².